The minimum atomic E-state index is -2.97. The number of alkyl halides is 2. The number of carbonyl (C=O) groups is 1. The third kappa shape index (κ3) is 6.00. The maximum atomic E-state index is 13.0. The van der Waals surface area contributed by atoms with Crippen molar-refractivity contribution in [3.63, 3.8) is 0 Å². The molecule has 1 amide bonds. The Morgan fingerprint density at radius 3 is 2.73 bits per heavy atom. The van der Waals surface area contributed by atoms with Crippen molar-refractivity contribution in [2.45, 2.75) is 6.61 Å². The molecule has 0 spiro atoms. The first-order chi connectivity index (χ1) is 12.5. The van der Waals surface area contributed by atoms with E-state index in [4.69, 9.17) is 9.47 Å². The van der Waals surface area contributed by atoms with Gasteiger partial charge in [-0.05, 0) is 35.9 Å². The Bertz CT molecular complexity index is 784. The lowest BCUT2D eigenvalue weighted by atomic mass is 10.2. The number of hydrogen-bond donors (Lipinski definition) is 1. The number of methoxy groups -OCH3 is 1. The summed E-state index contributed by atoms with van der Waals surface area (Å²) in [5.41, 5.74) is 2.70. The lowest BCUT2D eigenvalue weighted by molar-refractivity contribution is -0.123. The Labute approximate surface area is 147 Å². The van der Waals surface area contributed by atoms with Gasteiger partial charge in [0.2, 0.25) is 0 Å². The Hall–Kier alpha value is -3.23. The molecule has 0 aromatic heterocycles. The van der Waals surface area contributed by atoms with Crippen molar-refractivity contribution >= 4 is 12.1 Å². The van der Waals surface area contributed by atoms with E-state index < -0.39 is 18.3 Å². The molecular weight excluding hydrogens is 353 g/mol. The summed E-state index contributed by atoms with van der Waals surface area (Å²) in [6, 6.07) is 9.52. The van der Waals surface area contributed by atoms with Gasteiger partial charge in [0.15, 0.2) is 18.1 Å². The van der Waals surface area contributed by atoms with Gasteiger partial charge in [-0.15, -0.1) is 0 Å². The van der Waals surface area contributed by atoms with E-state index in [2.05, 4.69) is 15.3 Å². The fourth-order valence-electron chi connectivity index (χ4n) is 1.87. The molecule has 0 radical (unpaired) electrons. The number of nitrogens with zero attached hydrogens (tertiary/aromatic N) is 1. The van der Waals surface area contributed by atoms with Crippen LogP contribution in [-0.2, 0) is 4.79 Å². The van der Waals surface area contributed by atoms with Crippen LogP contribution in [0.1, 0.15) is 5.56 Å². The van der Waals surface area contributed by atoms with E-state index in [9.17, 15) is 18.0 Å². The van der Waals surface area contributed by atoms with Crippen LogP contribution in [0.3, 0.4) is 0 Å². The maximum absolute atomic E-state index is 13.0. The van der Waals surface area contributed by atoms with E-state index in [1.165, 1.54) is 49.7 Å². The number of halogens is 3. The van der Waals surface area contributed by atoms with Crippen LogP contribution < -0.4 is 19.6 Å². The van der Waals surface area contributed by atoms with Crippen LogP contribution in [0.5, 0.6) is 17.2 Å². The van der Waals surface area contributed by atoms with Crippen LogP contribution in [0.15, 0.2) is 47.6 Å². The molecule has 9 heteroatoms. The average Bonchev–Trinajstić information content (AvgIpc) is 2.61. The molecule has 2 aromatic carbocycles. The molecule has 0 saturated carbocycles. The molecule has 0 unspecified atom stereocenters. The van der Waals surface area contributed by atoms with Crippen LogP contribution >= 0.6 is 0 Å². The fraction of sp³-hybridized carbons (Fsp3) is 0.176. The highest BCUT2D eigenvalue weighted by atomic mass is 19.3. The summed E-state index contributed by atoms with van der Waals surface area (Å²) in [5.74, 6) is -0.852. The van der Waals surface area contributed by atoms with E-state index in [0.29, 0.717) is 5.56 Å². The number of hydrogen-bond acceptors (Lipinski definition) is 5. The molecule has 2 aromatic rings. The fourth-order valence-corrected chi connectivity index (χ4v) is 1.87. The second-order valence-electron chi connectivity index (χ2n) is 4.83. The Morgan fingerprint density at radius 1 is 1.23 bits per heavy atom. The molecule has 0 heterocycles. The van der Waals surface area contributed by atoms with Gasteiger partial charge in [0, 0.05) is 6.07 Å². The van der Waals surface area contributed by atoms with Crippen molar-refractivity contribution in [2.75, 3.05) is 13.7 Å². The average molecular weight is 368 g/mol. The summed E-state index contributed by atoms with van der Waals surface area (Å²) in [5, 5.41) is 3.71. The molecule has 0 aliphatic rings. The number of amides is 1. The van der Waals surface area contributed by atoms with Crippen LogP contribution in [0.4, 0.5) is 13.2 Å². The standard InChI is InChI=1S/C17H15F3N2O4/c1-24-15-7-11(5-6-14(15)26-17(19)20)9-21-22-16(23)10-25-13-4-2-3-12(18)8-13/h2-9,17H,10H2,1H3,(H,22,23)/b21-9-. The van der Waals surface area contributed by atoms with Gasteiger partial charge in [-0.1, -0.05) is 6.07 Å². The van der Waals surface area contributed by atoms with E-state index in [0.717, 1.165) is 6.07 Å². The topological polar surface area (TPSA) is 69.2 Å². The van der Waals surface area contributed by atoms with Crippen molar-refractivity contribution in [1.29, 1.82) is 0 Å². The second-order valence-corrected chi connectivity index (χ2v) is 4.83. The normalized spacial score (nSPS) is 10.8. The highest BCUT2D eigenvalue weighted by molar-refractivity contribution is 5.83. The van der Waals surface area contributed by atoms with E-state index in [1.54, 1.807) is 0 Å². The van der Waals surface area contributed by atoms with Gasteiger partial charge in [-0.25, -0.2) is 9.82 Å². The summed E-state index contributed by atoms with van der Waals surface area (Å²) in [4.78, 5) is 11.6. The largest absolute Gasteiger partial charge is 0.493 e. The van der Waals surface area contributed by atoms with Crippen molar-refractivity contribution in [3.8, 4) is 17.2 Å². The smallest absolute Gasteiger partial charge is 0.387 e. The molecule has 0 aliphatic carbocycles. The summed E-state index contributed by atoms with van der Waals surface area (Å²) < 4.78 is 51.9. The van der Waals surface area contributed by atoms with Gasteiger partial charge in [-0.2, -0.15) is 13.9 Å². The number of nitrogens with one attached hydrogen (secondary N) is 1. The van der Waals surface area contributed by atoms with Gasteiger partial charge in [0.25, 0.3) is 5.91 Å². The van der Waals surface area contributed by atoms with E-state index in [1.807, 2.05) is 0 Å². The second kappa shape index (κ2) is 9.30. The molecule has 0 aliphatic heterocycles. The number of carbonyl (C=O) groups excluding carboxylic acids is 1. The quantitative estimate of drug-likeness (QED) is 0.575. The summed E-state index contributed by atoms with van der Waals surface area (Å²) in [6.07, 6.45) is 1.29. The van der Waals surface area contributed by atoms with Gasteiger partial charge < -0.3 is 14.2 Å². The molecule has 138 valence electrons. The van der Waals surface area contributed by atoms with Gasteiger partial charge in [0.1, 0.15) is 11.6 Å². The van der Waals surface area contributed by atoms with Crippen molar-refractivity contribution in [2.24, 2.45) is 5.10 Å². The number of hydrazone groups is 1. The van der Waals surface area contributed by atoms with Crippen molar-refractivity contribution in [1.82, 2.24) is 5.43 Å². The molecular formula is C17H15F3N2O4. The molecule has 0 bridgehead atoms. The minimum Gasteiger partial charge on any atom is -0.493 e. The zero-order chi connectivity index (χ0) is 18.9. The number of ether oxygens (including phenoxy) is 3. The Balaban J connectivity index is 1.88. The molecule has 1 N–H and O–H groups in total. The number of rotatable bonds is 8. The SMILES string of the molecule is COc1cc(/C=N\NC(=O)COc2cccc(F)c2)ccc1OC(F)F. The zero-order valence-corrected chi connectivity index (χ0v) is 13.6. The highest BCUT2D eigenvalue weighted by Gasteiger charge is 2.10. The number of benzene rings is 2. The zero-order valence-electron chi connectivity index (χ0n) is 13.6. The molecule has 0 atom stereocenters. The van der Waals surface area contributed by atoms with Crippen LogP contribution in [0.2, 0.25) is 0 Å². The van der Waals surface area contributed by atoms with Crippen LogP contribution in [0, 0.1) is 5.82 Å². The van der Waals surface area contributed by atoms with E-state index >= 15 is 0 Å². The first kappa shape index (κ1) is 19.1. The molecule has 26 heavy (non-hydrogen) atoms. The predicted molar refractivity (Wildman–Crippen MR) is 87.3 cm³/mol. The van der Waals surface area contributed by atoms with Gasteiger partial charge in [-0.3, -0.25) is 4.79 Å². The molecule has 6 nitrogen and oxygen atoms in total. The third-order valence-corrected chi connectivity index (χ3v) is 2.97. The maximum Gasteiger partial charge on any atom is 0.387 e. The Kier molecular flexibility index (Phi) is 6.84. The highest BCUT2D eigenvalue weighted by Crippen LogP contribution is 2.28. The lowest BCUT2D eigenvalue weighted by Gasteiger charge is -2.10. The molecule has 2 rings (SSSR count). The first-order valence-corrected chi connectivity index (χ1v) is 7.31. The Morgan fingerprint density at radius 2 is 2.04 bits per heavy atom. The van der Waals surface area contributed by atoms with E-state index in [-0.39, 0.29) is 23.9 Å². The molecule has 0 saturated heterocycles. The third-order valence-electron chi connectivity index (χ3n) is 2.97. The summed E-state index contributed by atoms with van der Waals surface area (Å²) in [7, 11) is 1.31. The van der Waals surface area contributed by atoms with Crippen LogP contribution in [0.25, 0.3) is 0 Å². The van der Waals surface area contributed by atoms with Crippen LogP contribution in [-0.4, -0.2) is 32.4 Å². The monoisotopic (exact) mass is 368 g/mol. The summed E-state index contributed by atoms with van der Waals surface area (Å²) in [6.45, 7) is -3.33. The van der Waals surface area contributed by atoms with Crippen molar-refractivity contribution in [3.05, 3.63) is 53.8 Å². The van der Waals surface area contributed by atoms with Gasteiger partial charge >= 0.3 is 6.61 Å². The lowest BCUT2D eigenvalue weighted by Crippen LogP contribution is -2.24. The van der Waals surface area contributed by atoms with Gasteiger partial charge in [0.05, 0.1) is 13.3 Å². The minimum absolute atomic E-state index is 0.0926. The first-order valence-electron chi connectivity index (χ1n) is 7.31. The van der Waals surface area contributed by atoms with Crippen molar-refractivity contribution < 1.29 is 32.2 Å². The predicted octanol–water partition coefficient (Wildman–Crippen LogP) is 2.96. The molecule has 0 fully saturated rings. The summed E-state index contributed by atoms with van der Waals surface area (Å²) >= 11 is 0.